The second-order valence-corrected chi connectivity index (χ2v) is 4.09. The lowest BCUT2D eigenvalue weighted by atomic mass is 10.3. The van der Waals surface area contributed by atoms with E-state index in [9.17, 15) is 22.0 Å². The van der Waals surface area contributed by atoms with E-state index in [1.807, 2.05) is 6.92 Å². The number of thioether (sulfide) groups is 1. The maximum atomic E-state index is 13.1. The van der Waals surface area contributed by atoms with Crippen LogP contribution in [0, 0.1) is 29.1 Å². The smallest absolute Gasteiger partial charge is 0.200 e. The van der Waals surface area contributed by atoms with Gasteiger partial charge in [0.15, 0.2) is 23.3 Å². The summed E-state index contributed by atoms with van der Waals surface area (Å²) in [6.45, 7) is 1.90. The zero-order chi connectivity index (χ0) is 13.0. The summed E-state index contributed by atoms with van der Waals surface area (Å²) in [5, 5.41) is 1.31. The Hall–Kier alpha value is -1.04. The molecule has 0 spiro atoms. The molecule has 1 aromatic carbocycles. The van der Waals surface area contributed by atoms with Crippen LogP contribution in [0.3, 0.4) is 0 Å². The average Bonchev–Trinajstić information content (AvgIpc) is 2.33. The largest absolute Gasteiger partial charge is 0.202 e. The van der Waals surface area contributed by atoms with Gasteiger partial charge in [0.1, 0.15) is 0 Å². The zero-order valence-electron chi connectivity index (χ0n) is 8.87. The van der Waals surface area contributed by atoms with Crippen LogP contribution < -0.4 is 0 Å². The van der Waals surface area contributed by atoms with E-state index < -0.39 is 34.0 Å². The van der Waals surface area contributed by atoms with Gasteiger partial charge in [-0.25, -0.2) is 22.0 Å². The van der Waals surface area contributed by atoms with Crippen molar-refractivity contribution in [2.75, 3.05) is 0 Å². The second-order valence-electron chi connectivity index (χ2n) is 3.18. The maximum Gasteiger partial charge on any atom is 0.200 e. The number of unbranched alkanes of at least 4 members (excludes halogenated alkanes) is 1. The van der Waals surface area contributed by atoms with Crippen LogP contribution >= 0.6 is 11.8 Å². The van der Waals surface area contributed by atoms with Crippen molar-refractivity contribution in [3.8, 4) is 0 Å². The predicted octanol–water partition coefficient (Wildman–Crippen LogP) is 4.79. The van der Waals surface area contributed by atoms with Crippen LogP contribution in [0.25, 0.3) is 0 Å². The Balaban J connectivity index is 3.07. The van der Waals surface area contributed by atoms with Gasteiger partial charge in [0, 0.05) is 0 Å². The highest BCUT2D eigenvalue weighted by Gasteiger charge is 2.25. The van der Waals surface area contributed by atoms with Gasteiger partial charge in [-0.15, -0.1) is 0 Å². The minimum absolute atomic E-state index is 0.473. The summed E-state index contributed by atoms with van der Waals surface area (Å²) in [5.74, 6) is -9.58. The maximum absolute atomic E-state index is 13.1. The molecule has 0 atom stereocenters. The lowest BCUT2D eigenvalue weighted by Crippen LogP contribution is -2.02. The Bertz CT molecular complexity index is 413. The topological polar surface area (TPSA) is 0 Å². The van der Waals surface area contributed by atoms with Crippen LogP contribution in [0.15, 0.2) is 16.4 Å². The summed E-state index contributed by atoms with van der Waals surface area (Å²) in [4.78, 5) is -0.881. The molecule has 17 heavy (non-hydrogen) atoms. The summed E-state index contributed by atoms with van der Waals surface area (Å²) in [6, 6.07) is 0. The first kappa shape index (κ1) is 14.0. The number of allylic oxidation sites excluding steroid dienone is 1. The van der Waals surface area contributed by atoms with Crippen molar-refractivity contribution in [3.63, 3.8) is 0 Å². The predicted molar refractivity (Wildman–Crippen MR) is 56.1 cm³/mol. The molecule has 0 N–H and O–H groups in total. The van der Waals surface area contributed by atoms with Crippen LogP contribution in [0.5, 0.6) is 0 Å². The summed E-state index contributed by atoms with van der Waals surface area (Å²) in [5.41, 5.74) is 0. The Morgan fingerprint density at radius 1 is 0.882 bits per heavy atom. The van der Waals surface area contributed by atoms with E-state index in [1.54, 1.807) is 6.08 Å². The van der Waals surface area contributed by atoms with Crippen molar-refractivity contribution in [1.29, 1.82) is 0 Å². The number of hydrogen-bond donors (Lipinski definition) is 0. The molecule has 6 heteroatoms. The molecule has 0 aliphatic heterocycles. The van der Waals surface area contributed by atoms with E-state index in [0.29, 0.717) is 18.2 Å². The summed E-state index contributed by atoms with van der Waals surface area (Å²) < 4.78 is 64.5. The van der Waals surface area contributed by atoms with Gasteiger partial charge in [0.2, 0.25) is 5.82 Å². The lowest BCUT2D eigenvalue weighted by molar-refractivity contribution is 0.361. The molecule has 0 saturated heterocycles. The molecule has 0 radical (unpaired) electrons. The lowest BCUT2D eigenvalue weighted by Gasteiger charge is -2.05. The minimum Gasteiger partial charge on any atom is -0.202 e. The molecule has 0 nitrogen and oxygen atoms in total. The van der Waals surface area contributed by atoms with Crippen LogP contribution in [-0.4, -0.2) is 0 Å². The molecular weight excluding hydrogens is 259 g/mol. The number of benzene rings is 1. The Kier molecular flexibility index (Phi) is 4.99. The summed E-state index contributed by atoms with van der Waals surface area (Å²) in [7, 11) is 0. The molecule has 1 rings (SSSR count). The Morgan fingerprint density at radius 2 is 1.35 bits per heavy atom. The molecule has 0 unspecified atom stereocenters. The first-order valence-corrected chi connectivity index (χ1v) is 5.71. The molecule has 0 aliphatic carbocycles. The summed E-state index contributed by atoms with van der Waals surface area (Å²) in [6.07, 6.45) is 3.10. The Morgan fingerprint density at radius 3 is 1.82 bits per heavy atom. The first-order chi connectivity index (χ1) is 8.00. The van der Waals surface area contributed by atoms with E-state index in [4.69, 9.17) is 0 Å². The van der Waals surface area contributed by atoms with E-state index in [1.165, 1.54) is 5.41 Å². The third kappa shape index (κ3) is 3.00. The number of hydrogen-bond acceptors (Lipinski definition) is 1. The van der Waals surface area contributed by atoms with Crippen molar-refractivity contribution in [2.24, 2.45) is 0 Å². The van der Waals surface area contributed by atoms with Crippen LogP contribution in [0.1, 0.15) is 19.8 Å². The third-order valence-electron chi connectivity index (χ3n) is 1.91. The zero-order valence-corrected chi connectivity index (χ0v) is 9.68. The van der Waals surface area contributed by atoms with Crippen molar-refractivity contribution in [1.82, 2.24) is 0 Å². The van der Waals surface area contributed by atoms with Crippen molar-refractivity contribution in [2.45, 2.75) is 24.7 Å². The van der Waals surface area contributed by atoms with Gasteiger partial charge in [-0.3, -0.25) is 0 Å². The SMILES string of the molecule is CCCC=CSc1c(F)c(F)c(F)c(F)c1F. The Labute approximate surface area is 99.5 Å². The highest BCUT2D eigenvalue weighted by molar-refractivity contribution is 8.02. The fraction of sp³-hybridized carbons (Fsp3) is 0.273. The molecule has 0 amide bonds. The van der Waals surface area contributed by atoms with Crippen LogP contribution in [0.2, 0.25) is 0 Å². The van der Waals surface area contributed by atoms with E-state index >= 15 is 0 Å². The van der Waals surface area contributed by atoms with Crippen molar-refractivity contribution < 1.29 is 22.0 Å². The summed E-state index contributed by atoms with van der Waals surface area (Å²) >= 11 is 0.473. The van der Waals surface area contributed by atoms with Crippen molar-refractivity contribution >= 4 is 11.8 Å². The van der Waals surface area contributed by atoms with Crippen molar-refractivity contribution in [3.05, 3.63) is 40.6 Å². The standard InChI is InChI=1S/C11H9F5S/c1-2-3-4-5-17-11-9(15)7(13)6(12)8(14)10(11)16/h4-5H,2-3H2,1H3. The molecule has 0 aromatic heterocycles. The van der Waals surface area contributed by atoms with Gasteiger partial charge < -0.3 is 0 Å². The van der Waals surface area contributed by atoms with Gasteiger partial charge in [-0.2, -0.15) is 0 Å². The molecule has 0 fully saturated rings. The fourth-order valence-electron chi connectivity index (χ4n) is 1.04. The number of halogens is 5. The van der Waals surface area contributed by atoms with E-state index in [-0.39, 0.29) is 0 Å². The van der Waals surface area contributed by atoms with E-state index in [2.05, 4.69) is 0 Å². The van der Waals surface area contributed by atoms with Gasteiger partial charge >= 0.3 is 0 Å². The molecule has 0 saturated carbocycles. The number of rotatable bonds is 4. The van der Waals surface area contributed by atoms with Crippen LogP contribution in [0.4, 0.5) is 22.0 Å². The second kappa shape index (κ2) is 6.05. The third-order valence-corrected chi connectivity index (χ3v) is 2.83. The molecule has 0 aliphatic rings. The fourth-order valence-corrected chi connectivity index (χ4v) is 1.79. The monoisotopic (exact) mass is 268 g/mol. The molecular formula is C11H9F5S. The molecule has 94 valence electrons. The van der Waals surface area contributed by atoms with Crippen LogP contribution in [-0.2, 0) is 0 Å². The molecule has 1 aromatic rings. The minimum atomic E-state index is -2.14. The highest BCUT2D eigenvalue weighted by Crippen LogP contribution is 2.31. The van der Waals surface area contributed by atoms with Gasteiger partial charge in [0.05, 0.1) is 4.90 Å². The van der Waals surface area contributed by atoms with Gasteiger partial charge in [-0.05, 0) is 11.8 Å². The molecule has 0 bridgehead atoms. The van der Waals surface area contributed by atoms with Gasteiger partial charge in [0.25, 0.3) is 0 Å². The normalized spacial score (nSPS) is 11.4. The first-order valence-electron chi connectivity index (χ1n) is 4.83. The quantitative estimate of drug-likeness (QED) is 0.327. The van der Waals surface area contributed by atoms with E-state index in [0.717, 1.165) is 6.42 Å². The highest BCUT2D eigenvalue weighted by atomic mass is 32.2. The van der Waals surface area contributed by atoms with Gasteiger partial charge in [-0.1, -0.05) is 31.2 Å². The average molecular weight is 268 g/mol. The molecule has 0 heterocycles.